The molecule has 0 amide bonds. The summed E-state index contributed by atoms with van der Waals surface area (Å²) in [6.07, 6.45) is -4.51. The van der Waals surface area contributed by atoms with E-state index < -0.39 is 34.9 Å². The number of rotatable bonds is 4. The zero-order valence-corrected chi connectivity index (χ0v) is 9.64. The Balaban J connectivity index is 3.20. The quantitative estimate of drug-likeness (QED) is 0.674. The number of benzene rings is 1. The van der Waals surface area contributed by atoms with Crippen LogP contribution in [-0.2, 0) is 0 Å². The summed E-state index contributed by atoms with van der Waals surface area (Å²) in [6.45, 7) is -1.36. The van der Waals surface area contributed by atoms with Crippen LogP contribution in [0.25, 0.3) is 0 Å². The van der Waals surface area contributed by atoms with Crippen molar-refractivity contribution in [2.24, 2.45) is 0 Å². The van der Waals surface area contributed by atoms with Crippen molar-refractivity contribution in [3.63, 3.8) is 0 Å². The predicted octanol–water partition coefficient (Wildman–Crippen LogP) is 2.29. The summed E-state index contributed by atoms with van der Waals surface area (Å²) < 4.78 is 36.7. The van der Waals surface area contributed by atoms with E-state index in [0.717, 1.165) is 25.2 Å². The van der Waals surface area contributed by atoms with Gasteiger partial charge in [0.25, 0.3) is 5.69 Å². The number of aromatic carboxylic acids is 1. The molecule has 6 nitrogen and oxygen atoms in total. The molecule has 0 atom stereocenters. The lowest BCUT2D eigenvalue weighted by molar-refractivity contribution is -0.384. The van der Waals surface area contributed by atoms with Crippen LogP contribution in [0.1, 0.15) is 10.4 Å². The van der Waals surface area contributed by atoms with Crippen LogP contribution < -0.4 is 4.90 Å². The normalized spacial score (nSPS) is 11.2. The first kappa shape index (κ1) is 14.7. The van der Waals surface area contributed by atoms with Gasteiger partial charge in [0.15, 0.2) is 0 Å². The number of hydrogen-bond acceptors (Lipinski definition) is 4. The summed E-state index contributed by atoms with van der Waals surface area (Å²) in [6, 6.07) is 2.66. The van der Waals surface area contributed by atoms with Gasteiger partial charge in [0.05, 0.1) is 16.2 Å². The number of carboxylic acid groups (broad SMARTS) is 1. The summed E-state index contributed by atoms with van der Waals surface area (Å²) in [5, 5.41) is 19.4. The highest BCUT2D eigenvalue weighted by atomic mass is 19.4. The minimum atomic E-state index is -4.51. The molecular weight excluding hydrogens is 269 g/mol. The van der Waals surface area contributed by atoms with E-state index in [2.05, 4.69) is 0 Å². The molecule has 1 rings (SSSR count). The lowest BCUT2D eigenvalue weighted by Gasteiger charge is -2.22. The summed E-state index contributed by atoms with van der Waals surface area (Å²) in [5.74, 6) is -1.53. The van der Waals surface area contributed by atoms with E-state index >= 15 is 0 Å². The van der Waals surface area contributed by atoms with E-state index in [0.29, 0.717) is 4.90 Å². The van der Waals surface area contributed by atoms with E-state index in [4.69, 9.17) is 5.11 Å². The molecule has 1 aromatic carbocycles. The van der Waals surface area contributed by atoms with Crippen LogP contribution in [0, 0.1) is 10.1 Å². The van der Waals surface area contributed by atoms with Gasteiger partial charge in [0.1, 0.15) is 6.54 Å². The smallest absolute Gasteiger partial charge is 0.405 e. The molecule has 19 heavy (non-hydrogen) atoms. The average molecular weight is 278 g/mol. The van der Waals surface area contributed by atoms with Crippen molar-refractivity contribution < 1.29 is 28.0 Å². The van der Waals surface area contributed by atoms with Gasteiger partial charge in [0.2, 0.25) is 0 Å². The molecule has 9 heteroatoms. The summed E-state index contributed by atoms with van der Waals surface area (Å²) in [4.78, 5) is 21.3. The van der Waals surface area contributed by atoms with E-state index in [-0.39, 0.29) is 5.69 Å². The lowest BCUT2D eigenvalue weighted by Crippen LogP contribution is -2.31. The Morgan fingerprint density at radius 2 is 2.05 bits per heavy atom. The predicted molar refractivity (Wildman–Crippen MR) is 59.4 cm³/mol. The van der Waals surface area contributed by atoms with E-state index in [1.165, 1.54) is 0 Å². The Morgan fingerprint density at radius 1 is 1.47 bits per heavy atom. The van der Waals surface area contributed by atoms with Gasteiger partial charge in [-0.3, -0.25) is 10.1 Å². The monoisotopic (exact) mass is 278 g/mol. The maximum absolute atomic E-state index is 12.2. The largest absolute Gasteiger partial charge is 0.478 e. The fourth-order valence-corrected chi connectivity index (χ4v) is 1.50. The molecule has 104 valence electrons. The minimum absolute atomic E-state index is 0.240. The summed E-state index contributed by atoms with van der Waals surface area (Å²) in [5.41, 5.74) is -1.29. The van der Waals surface area contributed by atoms with Crippen molar-refractivity contribution in [3.05, 3.63) is 33.9 Å². The Bertz CT molecular complexity index is 516. The zero-order valence-electron chi connectivity index (χ0n) is 9.64. The number of carbonyl (C=O) groups is 1. The molecule has 0 aliphatic rings. The van der Waals surface area contributed by atoms with Crippen molar-refractivity contribution >= 4 is 17.3 Å². The summed E-state index contributed by atoms with van der Waals surface area (Å²) >= 11 is 0. The standard InChI is InChI=1S/C10H9F3N2O4/c1-14(5-10(11,12)13)8-3-2-6(15(18)19)4-7(8)9(16)17/h2-4H,5H2,1H3,(H,16,17). The Labute approximate surface area is 105 Å². The molecule has 0 unspecified atom stereocenters. The maximum Gasteiger partial charge on any atom is 0.405 e. The number of halogens is 3. The molecule has 0 saturated carbocycles. The number of hydrogen-bond donors (Lipinski definition) is 1. The SMILES string of the molecule is CN(CC(F)(F)F)c1ccc([N+](=O)[O-])cc1C(=O)O. The number of nitro benzene ring substituents is 1. The Kier molecular flexibility index (Phi) is 3.98. The Morgan fingerprint density at radius 3 is 2.47 bits per heavy atom. The van der Waals surface area contributed by atoms with Crippen LogP contribution in [0.3, 0.4) is 0 Å². The zero-order chi connectivity index (χ0) is 14.8. The van der Waals surface area contributed by atoms with Gasteiger partial charge in [-0.1, -0.05) is 0 Å². The highest BCUT2D eigenvalue weighted by Crippen LogP contribution is 2.27. The van der Waals surface area contributed by atoms with Gasteiger partial charge >= 0.3 is 12.1 Å². The van der Waals surface area contributed by atoms with Gasteiger partial charge in [-0.15, -0.1) is 0 Å². The topological polar surface area (TPSA) is 83.7 Å². The van der Waals surface area contributed by atoms with Crippen LogP contribution in [-0.4, -0.2) is 35.8 Å². The molecule has 0 radical (unpaired) electrons. The Hall–Kier alpha value is -2.32. The van der Waals surface area contributed by atoms with E-state index in [1.807, 2.05) is 0 Å². The second kappa shape index (κ2) is 5.12. The molecular formula is C10H9F3N2O4. The molecule has 0 spiro atoms. The molecule has 1 aromatic rings. The van der Waals surface area contributed by atoms with E-state index in [1.54, 1.807) is 0 Å². The molecule has 0 aliphatic carbocycles. The molecule has 0 aliphatic heterocycles. The average Bonchev–Trinajstić information content (AvgIpc) is 2.25. The second-order valence-electron chi connectivity index (χ2n) is 3.73. The third kappa shape index (κ3) is 3.83. The first-order chi connectivity index (χ1) is 8.61. The molecule has 1 N–H and O–H groups in total. The van der Waals surface area contributed by atoms with Gasteiger partial charge in [-0.25, -0.2) is 4.79 Å². The number of non-ortho nitro benzene ring substituents is 1. The van der Waals surface area contributed by atoms with Crippen LogP contribution >= 0.6 is 0 Å². The highest BCUT2D eigenvalue weighted by molar-refractivity contribution is 5.95. The fourth-order valence-electron chi connectivity index (χ4n) is 1.50. The first-order valence-electron chi connectivity index (χ1n) is 4.91. The van der Waals surface area contributed by atoms with Crippen molar-refractivity contribution in [3.8, 4) is 0 Å². The molecule has 0 fully saturated rings. The number of alkyl halides is 3. The fraction of sp³-hybridized carbons (Fsp3) is 0.300. The van der Waals surface area contributed by atoms with Crippen molar-refractivity contribution in [2.45, 2.75) is 6.18 Å². The van der Waals surface area contributed by atoms with Gasteiger partial charge in [-0.2, -0.15) is 13.2 Å². The third-order valence-electron chi connectivity index (χ3n) is 2.25. The van der Waals surface area contributed by atoms with Gasteiger partial charge in [0, 0.05) is 19.2 Å². The lowest BCUT2D eigenvalue weighted by atomic mass is 10.1. The third-order valence-corrected chi connectivity index (χ3v) is 2.25. The number of nitro groups is 1. The van der Waals surface area contributed by atoms with Gasteiger partial charge in [-0.05, 0) is 6.07 Å². The van der Waals surface area contributed by atoms with Crippen molar-refractivity contribution in [1.82, 2.24) is 0 Å². The number of anilines is 1. The summed E-state index contributed by atoms with van der Waals surface area (Å²) in [7, 11) is 1.06. The van der Waals surface area contributed by atoms with Crippen LogP contribution in [0.2, 0.25) is 0 Å². The maximum atomic E-state index is 12.2. The molecule has 0 aromatic heterocycles. The number of carboxylic acids is 1. The van der Waals surface area contributed by atoms with Gasteiger partial charge < -0.3 is 10.0 Å². The van der Waals surface area contributed by atoms with Crippen LogP contribution in [0.15, 0.2) is 18.2 Å². The van der Waals surface area contributed by atoms with Crippen LogP contribution in [0.4, 0.5) is 24.5 Å². The molecule has 0 saturated heterocycles. The van der Waals surface area contributed by atoms with Crippen molar-refractivity contribution in [2.75, 3.05) is 18.5 Å². The second-order valence-corrected chi connectivity index (χ2v) is 3.73. The minimum Gasteiger partial charge on any atom is -0.478 e. The number of nitrogens with zero attached hydrogens (tertiary/aromatic N) is 2. The molecule has 0 bridgehead atoms. The highest BCUT2D eigenvalue weighted by Gasteiger charge is 2.31. The van der Waals surface area contributed by atoms with Crippen LogP contribution in [0.5, 0.6) is 0 Å². The first-order valence-corrected chi connectivity index (χ1v) is 4.91. The molecule has 0 heterocycles. The van der Waals surface area contributed by atoms with E-state index in [9.17, 15) is 28.1 Å². The van der Waals surface area contributed by atoms with Crippen molar-refractivity contribution in [1.29, 1.82) is 0 Å².